The molecule has 2 rings (SSSR count). The van der Waals surface area contributed by atoms with Gasteiger partial charge in [-0.2, -0.15) is 0 Å². The van der Waals surface area contributed by atoms with E-state index in [4.69, 9.17) is 4.74 Å². The predicted octanol–water partition coefficient (Wildman–Crippen LogP) is 3.21. The number of hydrogen-bond acceptors (Lipinski definition) is 4. The van der Waals surface area contributed by atoms with Gasteiger partial charge in [0.1, 0.15) is 0 Å². The standard InChI is InChI=1S/C16H23NO3/c1-11-6-12(2)8-15(7-11)20-10-14-5-4-13(9-17-14)16(18)19-3/h4-5,9,11-12,15H,6-8,10H2,1-3H3. The number of pyridine rings is 1. The summed E-state index contributed by atoms with van der Waals surface area (Å²) in [5.74, 6) is 1.11. The first-order valence-corrected chi connectivity index (χ1v) is 7.23. The number of carbonyl (C=O) groups excluding carboxylic acids is 1. The molecule has 2 unspecified atom stereocenters. The van der Waals surface area contributed by atoms with Crippen molar-refractivity contribution in [1.29, 1.82) is 0 Å². The van der Waals surface area contributed by atoms with Gasteiger partial charge in [0.25, 0.3) is 0 Å². The van der Waals surface area contributed by atoms with E-state index in [0.29, 0.717) is 18.3 Å². The average molecular weight is 277 g/mol. The quantitative estimate of drug-likeness (QED) is 0.793. The summed E-state index contributed by atoms with van der Waals surface area (Å²) in [6.07, 6.45) is 5.42. The second-order valence-electron chi connectivity index (χ2n) is 5.88. The monoisotopic (exact) mass is 277 g/mol. The number of hydrogen-bond donors (Lipinski definition) is 0. The van der Waals surface area contributed by atoms with Gasteiger partial charge in [-0.25, -0.2) is 4.79 Å². The lowest BCUT2D eigenvalue weighted by molar-refractivity contribution is -0.0105. The SMILES string of the molecule is COC(=O)c1ccc(COC2CC(C)CC(C)C2)nc1. The summed E-state index contributed by atoms with van der Waals surface area (Å²) in [7, 11) is 1.37. The highest BCUT2D eigenvalue weighted by Crippen LogP contribution is 2.30. The Hall–Kier alpha value is -1.42. The van der Waals surface area contributed by atoms with Gasteiger partial charge in [0, 0.05) is 6.20 Å². The lowest BCUT2D eigenvalue weighted by Crippen LogP contribution is -2.26. The van der Waals surface area contributed by atoms with E-state index in [1.54, 1.807) is 6.07 Å². The molecule has 1 aromatic heterocycles. The molecule has 1 saturated carbocycles. The Kier molecular flexibility index (Phi) is 5.12. The predicted molar refractivity (Wildman–Crippen MR) is 76.3 cm³/mol. The molecule has 110 valence electrons. The third kappa shape index (κ3) is 4.04. The van der Waals surface area contributed by atoms with Gasteiger partial charge in [-0.15, -0.1) is 0 Å². The lowest BCUT2D eigenvalue weighted by Gasteiger charge is -2.31. The summed E-state index contributed by atoms with van der Waals surface area (Å²) in [4.78, 5) is 15.6. The highest BCUT2D eigenvalue weighted by atomic mass is 16.5. The molecule has 1 aliphatic carbocycles. The van der Waals surface area contributed by atoms with E-state index in [9.17, 15) is 4.79 Å². The Morgan fingerprint density at radius 3 is 2.50 bits per heavy atom. The highest BCUT2D eigenvalue weighted by molar-refractivity contribution is 5.88. The van der Waals surface area contributed by atoms with Crippen LogP contribution in [0.4, 0.5) is 0 Å². The van der Waals surface area contributed by atoms with E-state index >= 15 is 0 Å². The largest absolute Gasteiger partial charge is 0.465 e. The second-order valence-corrected chi connectivity index (χ2v) is 5.88. The van der Waals surface area contributed by atoms with Gasteiger partial charge in [0.2, 0.25) is 0 Å². The van der Waals surface area contributed by atoms with Gasteiger partial charge in [-0.05, 0) is 43.2 Å². The smallest absolute Gasteiger partial charge is 0.339 e. The second kappa shape index (κ2) is 6.84. The van der Waals surface area contributed by atoms with Crippen LogP contribution in [0.25, 0.3) is 0 Å². The Labute approximate surface area is 120 Å². The first-order chi connectivity index (χ1) is 9.58. The number of methoxy groups -OCH3 is 1. The number of esters is 1. The van der Waals surface area contributed by atoms with Crippen molar-refractivity contribution < 1.29 is 14.3 Å². The lowest BCUT2D eigenvalue weighted by atomic mass is 9.82. The van der Waals surface area contributed by atoms with Crippen LogP contribution in [0.1, 0.15) is 49.2 Å². The number of aromatic nitrogens is 1. The first-order valence-electron chi connectivity index (χ1n) is 7.23. The van der Waals surface area contributed by atoms with Gasteiger partial charge in [0.15, 0.2) is 0 Å². The molecule has 0 saturated heterocycles. The maximum Gasteiger partial charge on any atom is 0.339 e. The zero-order valence-electron chi connectivity index (χ0n) is 12.5. The summed E-state index contributed by atoms with van der Waals surface area (Å²) in [6, 6.07) is 3.55. The minimum atomic E-state index is -0.361. The first kappa shape index (κ1) is 15.0. The van der Waals surface area contributed by atoms with Crippen LogP contribution in [0.15, 0.2) is 18.3 Å². The van der Waals surface area contributed by atoms with E-state index in [0.717, 1.165) is 30.4 Å². The van der Waals surface area contributed by atoms with E-state index in [-0.39, 0.29) is 5.97 Å². The number of carbonyl (C=O) groups is 1. The third-order valence-electron chi connectivity index (χ3n) is 3.85. The van der Waals surface area contributed by atoms with Crippen molar-refractivity contribution in [3.05, 3.63) is 29.6 Å². The van der Waals surface area contributed by atoms with Crippen LogP contribution >= 0.6 is 0 Å². The van der Waals surface area contributed by atoms with Crippen LogP contribution in [0.2, 0.25) is 0 Å². The molecule has 0 amide bonds. The molecule has 0 bridgehead atoms. The molecule has 4 nitrogen and oxygen atoms in total. The van der Waals surface area contributed by atoms with Crippen molar-refractivity contribution >= 4 is 5.97 Å². The Bertz CT molecular complexity index is 434. The zero-order valence-corrected chi connectivity index (χ0v) is 12.5. The summed E-state index contributed by atoms with van der Waals surface area (Å²) >= 11 is 0. The molecule has 1 heterocycles. The van der Waals surface area contributed by atoms with Crippen LogP contribution in [-0.2, 0) is 16.1 Å². The van der Waals surface area contributed by atoms with Crippen LogP contribution in [0, 0.1) is 11.8 Å². The number of ether oxygens (including phenoxy) is 2. The molecule has 20 heavy (non-hydrogen) atoms. The van der Waals surface area contributed by atoms with Crippen molar-refractivity contribution in [3.63, 3.8) is 0 Å². The minimum Gasteiger partial charge on any atom is -0.465 e. The molecule has 2 atom stereocenters. The van der Waals surface area contributed by atoms with Gasteiger partial charge in [-0.1, -0.05) is 13.8 Å². The van der Waals surface area contributed by atoms with E-state index < -0.39 is 0 Å². The summed E-state index contributed by atoms with van der Waals surface area (Å²) in [5.41, 5.74) is 1.32. The fourth-order valence-electron chi connectivity index (χ4n) is 2.96. The van der Waals surface area contributed by atoms with Crippen molar-refractivity contribution in [1.82, 2.24) is 4.98 Å². The van der Waals surface area contributed by atoms with Crippen molar-refractivity contribution in [2.75, 3.05) is 7.11 Å². The molecule has 0 spiro atoms. The minimum absolute atomic E-state index is 0.329. The molecular formula is C16H23NO3. The fraction of sp³-hybridized carbons (Fsp3) is 0.625. The Balaban J connectivity index is 1.86. The van der Waals surface area contributed by atoms with E-state index in [1.165, 1.54) is 19.7 Å². The molecule has 0 radical (unpaired) electrons. The van der Waals surface area contributed by atoms with Crippen LogP contribution in [-0.4, -0.2) is 24.2 Å². The van der Waals surface area contributed by atoms with Gasteiger partial charge >= 0.3 is 5.97 Å². The molecule has 0 aliphatic heterocycles. The number of nitrogens with zero attached hydrogens (tertiary/aromatic N) is 1. The molecule has 4 heteroatoms. The van der Waals surface area contributed by atoms with Crippen molar-refractivity contribution in [2.24, 2.45) is 11.8 Å². The molecule has 1 aromatic rings. The number of rotatable bonds is 4. The Morgan fingerprint density at radius 2 is 1.95 bits per heavy atom. The maximum atomic E-state index is 11.3. The summed E-state index contributed by atoms with van der Waals surface area (Å²) in [5, 5.41) is 0. The fourth-order valence-corrected chi connectivity index (χ4v) is 2.96. The summed E-state index contributed by atoms with van der Waals surface area (Å²) < 4.78 is 10.6. The van der Waals surface area contributed by atoms with Gasteiger partial charge in [0.05, 0.1) is 31.1 Å². The van der Waals surface area contributed by atoms with Crippen LogP contribution in [0.3, 0.4) is 0 Å². The van der Waals surface area contributed by atoms with E-state index in [2.05, 4.69) is 23.6 Å². The topological polar surface area (TPSA) is 48.4 Å². The maximum absolute atomic E-state index is 11.3. The molecule has 0 N–H and O–H groups in total. The molecule has 1 aliphatic rings. The van der Waals surface area contributed by atoms with Crippen LogP contribution in [0.5, 0.6) is 0 Å². The normalized spacial score (nSPS) is 26.2. The molecular weight excluding hydrogens is 254 g/mol. The zero-order chi connectivity index (χ0) is 14.5. The van der Waals surface area contributed by atoms with Gasteiger partial charge in [-0.3, -0.25) is 4.98 Å². The van der Waals surface area contributed by atoms with Crippen molar-refractivity contribution in [3.8, 4) is 0 Å². The molecule has 1 fully saturated rings. The van der Waals surface area contributed by atoms with Crippen molar-refractivity contribution in [2.45, 2.75) is 45.8 Å². The Morgan fingerprint density at radius 1 is 1.25 bits per heavy atom. The average Bonchev–Trinajstić information content (AvgIpc) is 2.44. The van der Waals surface area contributed by atoms with E-state index in [1.807, 2.05) is 6.07 Å². The van der Waals surface area contributed by atoms with Gasteiger partial charge < -0.3 is 9.47 Å². The molecule has 0 aromatic carbocycles. The third-order valence-corrected chi connectivity index (χ3v) is 3.85. The summed E-state index contributed by atoms with van der Waals surface area (Å²) in [6.45, 7) is 5.08. The van der Waals surface area contributed by atoms with Crippen LogP contribution < -0.4 is 0 Å². The highest BCUT2D eigenvalue weighted by Gasteiger charge is 2.24.